The SMILES string of the molecule is CN=C(NCC(C)N1CCN(C)CC1)N(C)Cc1ccccc1OC.I. The van der Waals surface area contributed by atoms with E-state index in [1.54, 1.807) is 7.11 Å². The molecule has 0 spiro atoms. The Bertz CT molecular complexity index is 561. The monoisotopic (exact) mass is 475 g/mol. The molecular weight excluding hydrogens is 441 g/mol. The molecule has 7 heteroatoms. The van der Waals surface area contributed by atoms with Gasteiger partial charge in [-0.2, -0.15) is 0 Å². The molecular formula is C19H34IN5O. The Hall–Kier alpha value is -1.06. The van der Waals surface area contributed by atoms with Gasteiger partial charge >= 0.3 is 0 Å². The Labute approximate surface area is 175 Å². The van der Waals surface area contributed by atoms with Crippen LogP contribution >= 0.6 is 24.0 Å². The van der Waals surface area contributed by atoms with Crippen molar-refractivity contribution in [3.05, 3.63) is 29.8 Å². The van der Waals surface area contributed by atoms with E-state index in [0.29, 0.717) is 6.04 Å². The molecule has 1 fully saturated rings. The Balaban J connectivity index is 0.00000338. The number of benzene rings is 1. The van der Waals surface area contributed by atoms with Crippen LogP contribution in [0.4, 0.5) is 0 Å². The smallest absolute Gasteiger partial charge is 0.193 e. The fraction of sp³-hybridized carbons (Fsp3) is 0.632. The van der Waals surface area contributed by atoms with Crippen LogP contribution in [0.2, 0.25) is 0 Å². The van der Waals surface area contributed by atoms with E-state index < -0.39 is 0 Å². The van der Waals surface area contributed by atoms with Crippen molar-refractivity contribution < 1.29 is 4.74 Å². The van der Waals surface area contributed by atoms with Gasteiger partial charge < -0.3 is 19.9 Å². The van der Waals surface area contributed by atoms with Crippen molar-refractivity contribution in [3.63, 3.8) is 0 Å². The summed E-state index contributed by atoms with van der Waals surface area (Å²) in [6.45, 7) is 8.49. The van der Waals surface area contributed by atoms with Crippen LogP contribution in [0.5, 0.6) is 5.75 Å². The van der Waals surface area contributed by atoms with Gasteiger partial charge in [-0.1, -0.05) is 18.2 Å². The average Bonchev–Trinajstić information content (AvgIpc) is 2.63. The van der Waals surface area contributed by atoms with Gasteiger partial charge in [0.25, 0.3) is 0 Å². The number of methoxy groups -OCH3 is 1. The third-order valence-electron chi connectivity index (χ3n) is 4.89. The van der Waals surface area contributed by atoms with Gasteiger partial charge in [0, 0.05) is 65.0 Å². The Morgan fingerprint density at radius 3 is 2.54 bits per heavy atom. The molecule has 1 N–H and O–H groups in total. The van der Waals surface area contributed by atoms with E-state index in [1.165, 1.54) is 0 Å². The molecule has 148 valence electrons. The van der Waals surface area contributed by atoms with Crippen LogP contribution in [0.1, 0.15) is 12.5 Å². The van der Waals surface area contributed by atoms with Gasteiger partial charge in [-0.3, -0.25) is 9.89 Å². The second kappa shape index (κ2) is 11.6. The lowest BCUT2D eigenvalue weighted by molar-refractivity contribution is 0.119. The molecule has 0 amide bonds. The van der Waals surface area contributed by atoms with Gasteiger partial charge in [-0.05, 0) is 20.0 Å². The molecule has 6 nitrogen and oxygen atoms in total. The average molecular weight is 475 g/mol. The zero-order chi connectivity index (χ0) is 18.2. The summed E-state index contributed by atoms with van der Waals surface area (Å²) in [5.41, 5.74) is 1.16. The molecule has 2 rings (SSSR count). The number of hydrogen-bond donors (Lipinski definition) is 1. The molecule has 1 heterocycles. The molecule has 26 heavy (non-hydrogen) atoms. The van der Waals surface area contributed by atoms with Gasteiger partial charge in [0.05, 0.1) is 7.11 Å². The largest absolute Gasteiger partial charge is 0.496 e. The lowest BCUT2D eigenvalue weighted by atomic mass is 10.2. The molecule has 1 saturated heterocycles. The molecule has 0 saturated carbocycles. The predicted octanol–water partition coefficient (Wildman–Crippen LogP) is 1.96. The molecule has 0 bridgehead atoms. The van der Waals surface area contributed by atoms with E-state index in [1.807, 2.05) is 25.2 Å². The third-order valence-corrected chi connectivity index (χ3v) is 4.89. The van der Waals surface area contributed by atoms with Gasteiger partial charge in [-0.15, -0.1) is 24.0 Å². The van der Waals surface area contributed by atoms with Gasteiger partial charge in [0.1, 0.15) is 5.75 Å². The lowest BCUT2D eigenvalue weighted by Gasteiger charge is -2.37. The first-order valence-corrected chi connectivity index (χ1v) is 9.01. The number of ether oxygens (including phenoxy) is 1. The minimum Gasteiger partial charge on any atom is -0.496 e. The highest BCUT2D eigenvalue weighted by Gasteiger charge is 2.19. The number of nitrogens with one attached hydrogen (secondary N) is 1. The maximum Gasteiger partial charge on any atom is 0.193 e. The quantitative estimate of drug-likeness (QED) is 0.387. The maximum absolute atomic E-state index is 5.45. The number of para-hydroxylation sites is 1. The lowest BCUT2D eigenvalue weighted by Crippen LogP contribution is -2.52. The molecule has 1 unspecified atom stereocenters. The number of guanidine groups is 1. The summed E-state index contributed by atoms with van der Waals surface area (Å²) < 4.78 is 5.45. The second-order valence-corrected chi connectivity index (χ2v) is 6.78. The van der Waals surface area contributed by atoms with Crippen LogP contribution in [0.15, 0.2) is 29.3 Å². The van der Waals surface area contributed by atoms with E-state index >= 15 is 0 Å². The highest BCUT2D eigenvalue weighted by atomic mass is 127. The highest BCUT2D eigenvalue weighted by Crippen LogP contribution is 2.18. The summed E-state index contributed by atoms with van der Waals surface area (Å²) in [5.74, 6) is 1.82. The van der Waals surface area contributed by atoms with E-state index in [0.717, 1.165) is 56.5 Å². The fourth-order valence-corrected chi connectivity index (χ4v) is 3.18. The molecule has 1 aliphatic heterocycles. The second-order valence-electron chi connectivity index (χ2n) is 6.78. The van der Waals surface area contributed by atoms with Crippen molar-refractivity contribution in [1.29, 1.82) is 0 Å². The molecule has 1 aliphatic rings. The topological polar surface area (TPSA) is 43.3 Å². The normalized spacial score (nSPS) is 17.3. The van der Waals surface area contributed by atoms with E-state index in [-0.39, 0.29) is 24.0 Å². The number of piperazine rings is 1. The molecule has 1 aromatic carbocycles. The Morgan fingerprint density at radius 1 is 1.27 bits per heavy atom. The third kappa shape index (κ3) is 6.59. The Kier molecular flexibility index (Phi) is 10.3. The van der Waals surface area contributed by atoms with Crippen molar-refractivity contribution in [2.24, 2.45) is 4.99 Å². The van der Waals surface area contributed by atoms with Crippen LogP contribution in [0.3, 0.4) is 0 Å². The maximum atomic E-state index is 5.45. The zero-order valence-electron chi connectivity index (χ0n) is 16.7. The van der Waals surface area contributed by atoms with Crippen LogP contribution in [0.25, 0.3) is 0 Å². The van der Waals surface area contributed by atoms with E-state index in [9.17, 15) is 0 Å². The summed E-state index contributed by atoms with van der Waals surface area (Å²) in [4.78, 5) is 11.5. The van der Waals surface area contributed by atoms with Crippen molar-refractivity contribution >= 4 is 29.9 Å². The summed E-state index contributed by atoms with van der Waals surface area (Å²) >= 11 is 0. The molecule has 1 atom stereocenters. The van der Waals surface area contributed by atoms with Crippen molar-refractivity contribution in [2.45, 2.75) is 19.5 Å². The molecule has 0 aromatic heterocycles. The number of likely N-dealkylation sites (N-methyl/N-ethyl adjacent to an activating group) is 1. The number of halogens is 1. The predicted molar refractivity (Wildman–Crippen MR) is 120 cm³/mol. The van der Waals surface area contributed by atoms with Crippen LogP contribution < -0.4 is 10.1 Å². The first-order valence-electron chi connectivity index (χ1n) is 9.01. The Morgan fingerprint density at radius 2 is 1.92 bits per heavy atom. The summed E-state index contributed by atoms with van der Waals surface area (Å²) in [6, 6.07) is 8.61. The fourth-order valence-electron chi connectivity index (χ4n) is 3.18. The van der Waals surface area contributed by atoms with Crippen molar-refractivity contribution in [1.82, 2.24) is 20.0 Å². The minimum absolute atomic E-state index is 0. The molecule has 0 aliphatic carbocycles. The molecule has 0 radical (unpaired) electrons. The number of hydrogen-bond acceptors (Lipinski definition) is 4. The van der Waals surface area contributed by atoms with E-state index in [4.69, 9.17) is 4.74 Å². The van der Waals surface area contributed by atoms with Crippen molar-refractivity contribution in [3.8, 4) is 5.75 Å². The van der Waals surface area contributed by atoms with Crippen molar-refractivity contribution in [2.75, 3.05) is 61.0 Å². The first kappa shape index (κ1) is 23.0. The molecule has 1 aromatic rings. The summed E-state index contributed by atoms with van der Waals surface area (Å²) in [6.07, 6.45) is 0. The van der Waals surface area contributed by atoms with Gasteiger partial charge in [0.2, 0.25) is 0 Å². The van der Waals surface area contributed by atoms with Gasteiger partial charge in [0.15, 0.2) is 5.96 Å². The highest BCUT2D eigenvalue weighted by molar-refractivity contribution is 14.0. The summed E-state index contributed by atoms with van der Waals surface area (Å²) in [7, 11) is 7.79. The first-order chi connectivity index (χ1) is 12.0. The number of aliphatic imine (C=N–C) groups is 1. The number of nitrogens with zero attached hydrogens (tertiary/aromatic N) is 4. The van der Waals surface area contributed by atoms with Gasteiger partial charge in [-0.25, -0.2) is 0 Å². The minimum atomic E-state index is 0. The van der Waals surface area contributed by atoms with Crippen LogP contribution in [0, 0.1) is 0 Å². The van der Waals surface area contributed by atoms with E-state index in [2.05, 4.69) is 52.1 Å². The number of rotatable bonds is 6. The van der Waals surface area contributed by atoms with Crippen LogP contribution in [-0.2, 0) is 6.54 Å². The zero-order valence-corrected chi connectivity index (χ0v) is 19.1. The van der Waals surface area contributed by atoms with Crippen LogP contribution in [-0.4, -0.2) is 87.7 Å². The summed E-state index contributed by atoms with van der Waals surface area (Å²) in [5, 5.41) is 3.52. The standard InChI is InChI=1S/C19H33N5O.HI/c1-16(24-12-10-22(3)11-13-24)14-21-19(20-2)23(4)15-17-8-6-7-9-18(17)25-5;/h6-9,16H,10-15H2,1-5H3,(H,20,21);1H.